The summed E-state index contributed by atoms with van der Waals surface area (Å²) in [7, 11) is 0. The SMILES string of the molecule is CC(C)c1ccccc1N1C(=O)CS[C@H]1c1ccc(NC(=O)c2ccc(Br)cc2)cc1. The van der Waals surface area contributed by atoms with E-state index in [-0.39, 0.29) is 17.2 Å². The number of thioether (sulfide) groups is 1. The minimum absolute atomic E-state index is 0.0800. The molecule has 4 rings (SSSR count). The first kappa shape index (κ1) is 21.7. The van der Waals surface area contributed by atoms with E-state index in [1.165, 1.54) is 5.56 Å². The Morgan fingerprint density at radius 3 is 2.39 bits per heavy atom. The van der Waals surface area contributed by atoms with E-state index < -0.39 is 0 Å². The smallest absolute Gasteiger partial charge is 0.255 e. The number of benzene rings is 3. The summed E-state index contributed by atoms with van der Waals surface area (Å²) >= 11 is 5.01. The number of carbonyl (C=O) groups is 2. The number of nitrogens with zero attached hydrogens (tertiary/aromatic N) is 1. The van der Waals surface area contributed by atoms with Crippen molar-refractivity contribution in [2.45, 2.75) is 25.1 Å². The van der Waals surface area contributed by atoms with Crippen LogP contribution in [0.1, 0.15) is 46.6 Å². The normalized spacial score (nSPS) is 16.1. The summed E-state index contributed by atoms with van der Waals surface area (Å²) in [6, 6.07) is 23.1. The van der Waals surface area contributed by atoms with Crippen LogP contribution in [0.3, 0.4) is 0 Å². The summed E-state index contributed by atoms with van der Waals surface area (Å²) in [5.74, 6) is 0.749. The summed E-state index contributed by atoms with van der Waals surface area (Å²) in [4.78, 5) is 27.1. The minimum Gasteiger partial charge on any atom is -0.322 e. The number of anilines is 2. The van der Waals surface area contributed by atoms with Crippen molar-refractivity contribution in [3.8, 4) is 0 Å². The van der Waals surface area contributed by atoms with Crippen molar-refractivity contribution >= 4 is 50.9 Å². The Morgan fingerprint density at radius 2 is 1.71 bits per heavy atom. The standard InChI is InChI=1S/C25H23BrN2O2S/c1-16(2)21-5-3-4-6-22(21)28-23(29)15-31-25(28)18-9-13-20(14-10-18)27-24(30)17-7-11-19(26)12-8-17/h3-14,16,25H,15H2,1-2H3,(H,27,30)/t25-/m0/s1. The molecule has 0 aromatic heterocycles. The fraction of sp³-hybridized carbons (Fsp3) is 0.200. The van der Waals surface area contributed by atoms with E-state index in [0.29, 0.717) is 17.2 Å². The van der Waals surface area contributed by atoms with Gasteiger partial charge < -0.3 is 5.32 Å². The Labute approximate surface area is 195 Å². The van der Waals surface area contributed by atoms with E-state index >= 15 is 0 Å². The minimum atomic E-state index is -0.154. The number of hydrogen-bond acceptors (Lipinski definition) is 3. The Balaban J connectivity index is 1.55. The molecule has 0 radical (unpaired) electrons. The molecule has 31 heavy (non-hydrogen) atoms. The second kappa shape index (κ2) is 9.28. The van der Waals surface area contributed by atoms with Crippen LogP contribution in [0.2, 0.25) is 0 Å². The van der Waals surface area contributed by atoms with Gasteiger partial charge in [0, 0.05) is 21.4 Å². The topological polar surface area (TPSA) is 49.4 Å². The summed E-state index contributed by atoms with van der Waals surface area (Å²) in [5, 5.41) is 2.85. The van der Waals surface area contributed by atoms with Crippen LogP contribution in [0, 0.1) is 0 Å². The first-order valence-corrected chi connectivity index (χ1v) is 12.0. The van der Waals surface area contributed by atoms with Gasteiger partial charge in [0.1, 0.15) is 5.37 Å². The highest BCUT2D eigenvalue weighted by atomic mass is 79.9. The molecule has 0 unspecified atom stereocenters. The summed E-state index contributed by atoms with van der Waals surface area (Å²) in [5.41, 5.74) is 4.50. The van der Waals surface area contributed by atoms with Gasteiger partial charge in [-0.15, -0.1) is 11.8 Å². The van der Waals surface area contributed by atoms with E-state index in [9.17, 15) is 9.59 Å². The third kappa shape index (κ3) is 4.70. The lowest BCUT2D eigenvalue weighted by Gasteiger charge is -2.27. The fourth-order valence-electron chi connectivity index (χ4n) is 3.66. The van der Waals surface area contributed by atoms with Crippen LogP contribution in [0.15, 0.2) is 77.3 Å². The van der Waals surface area contributed by atoms with Crippen LogP contribution in [0.25, 0.3) is 0 Å². The Hall–Kier alpha value is -2.57. The van der Waals surface area contributed by atoms with Crippen molar-refractivity contribution in [1.82, 2.24) is 0 Å². The number of carbonyl (C=O) groups excluding carboxylic acids is 2. The molecule has 0 spiro atoms. The highest BCUT2D eigenvalue weighted by Gasteiger charge is 2.35. The average Bonchev–Trinajstić information content (AvgIpc) is 3.16. The van der Waals surface area contributed by atoms with Crippen molar-refractivity contribution in [2.24, 2.45) is 0 Å². The van der Waals surface area contributed by atoms with Gasteiger partial charge >= 0.3 is 0 Å². The molecule has 0 bridgehead atoms. The maximum absolute atomic E-state index is 12.8. The molecule has 0 aliphatic carbocycles. The van der Waals surface area contributed by atoms with E-state index in [0.717, 1.165) is 21.4 Å². The van der Waals surface area contributed by atoms with Gasteiger partial charge in [-0.25, -0.2) is 0 Å². The highest BCUT2D eigenvalue weighted by molar-refractivity contribution is 9.10. The molecule has 1 atom stereocenters. The van der Waals surface area contributed by atoms with Crippen LogP contribution < -0.4 is 10.2 Å². The van der Waals surface area contributed by atoms with Gasteiger partial charge in [-0.3, -0.25) is 14.5 Å². The largest absolute Gasteiger partial charge is 0.322 e. The lowest BCUT2D eigenvalue weighted by Crippen LogP contribution is -2.29. The van der Waals surface area contributed by atoms with E-state index in [1.807, 2.05) is 59.5 Å². The molecule has 1 saturated heterocycles. The number of rotatable bonds is 5. The van der Waals surface area contributed by atoms with Gasteiger partial charge in [-0.05, 0) is 59.5 Å². The molecule has 1 heterocycles. The second-order valence-corrected chi connectivity index (χ2v) is 9.71. The monoisotopic (exact) mass is 494 g/mol. The van der Waals surface area contributed by atoms with Crippen LogP contribution in [-0.4, -0.2) is 17.6 Å². The van der Waals surface area contributed by atoms with Crippen LogP contribution in [-0.2, 0) is 4.79 Å². The fourth-order valence-corrected chi connectivity index (χ4v) is 5.10. The average molecular weight is 495 g/mol. The molecule has 1 N–H and O–H groups in total. The predicted molar refractivity (Wildman–Crippen MR) is 132 cm³/mol. The molecule has 158 valence electrons. The highest BCUT2D eigenvalue weighted by Crippen LogP contribution is 2.44. The maximum atomic E-state index is 12.8. The number of halogens is 1. The first-order chi connectivity index (χ1) is 14.9. The van der Waals surface area contributed by atoms with Crippen molar-refractivity contribution < 1.29 is 9.59 Å². The van der Waals surface area contributed by atoms with E-state index in [1.54, 1.807) is 23.9 Å². The lowest BCUT2D eigenvalue weighted by atomic mass is 10.00. The molecule has 1 fully saturated rings. The van der Waals surface area contributed by atoms with E-state index in [2.05, 4.69) is 41.2 Å². The van der Waals surface area contributed by atoms with Crippen molar-refractivity contribution in [2.75, 3.05) is 16.0 Å². The summed E-state index contributed by atoms with van der Waals surface area (Å²) < 4.78 is 0.931. The van der Waals surface area contributed by atoms with Gasteiger partial charge in [0.2, 0.25) is 5.91 Å². The van der Waals surface area contributed by atoms with Gasteiger partial charge in [0.15, 0.2) is 0 Å². The first-order valence-electron chi connectivity index (χ1n) is 10.1. The third-order valence-corrected chi connectivity index (χ3v) is 6.99. The molecule has 1 aliphatic heterocycles. The zero-order valence-electron chi connectivity index (χ0n) is 17.3. The van der Waals surface area contributed by atoms with Gasteiger partial charge in [-0.2, -0.15) is 0 Å². The molecular formula is C25H23BrN2O2S. The second-order valence-electron chi connectivity index (χ2n) is 7.72. The quantitative estimate of drug-likeness (QED) is 0.434. The Morgan fingerprint density at radius 1 is 1.03 bits per heavy atom. The van der Waals surface area contributed by atoms with Gasteiger partial charge in [-0.1, -0.05) is 60.1 Å². The predicted octanol–water partition coefficient (Wildman–Crippen LogP) is 6.60. The van der Waals surface area contributed by atoms with Crippen LogP contribution >= 0.6 is 27.7 Å². The van der Waals surface area contributed by atoms with E-state index in [4.69, 9.17) is 0 Å². The number of hydrogen-bond donors (Lipinski definition) is 1. The molecule has 0 saturated carbocycles. The zero-order valence-corrected chi connectivity index (χ0v) is 19.7. The molecule has 3 aromatic rings. The Kier molecular flexibility index (Phi) is 6.49. The Bertz CT molecular complexity index is 1100. The molecule has 2 amide bonds. The zero-order chi connectivity index (χ0) is 22.0. The van der Waals surface area contributed by atoms with Crippen LogP contribution in [0.5, 0.6) is 0 Å². The summed E-state index contributed by atoms with van der Waals surface area (Å²) in [6.07, 6.45) is 0. The van der Waals surface area contributed by atoms with Gasteiger partial charge in [0.05, 0.1) is 5.75 Å². The molecule has 1 aliphatic rings. The lowest BCUT2D eigenvalue weighted by molar-refractivity contribution is -0.115. The molecule has 4 nitrogen and oxygen atoms in total. The number of nitrogens with one attached hydrogen (secondary N) is 1. The van der Waals surface area contributed by atoms with Crippen molar-refractivity contribution in [3.05, 3.63) is 94.0 Å². The molecule has 6 heteroatoms. The third-order valence-electron chi connectivity index (χ3n) is 5.25. The van der Waals surface area contributed by atoms with Gasteiger partial charge in [0.25, 0.3) is 5.91 Å². The number of amides is 2. The van der Waals surface area contributed by atoms with Crippen LogP contribution in [0.4, 0.5) is 11.4 Å². The molecule has 3 aromatic carbocycles. The van der Waals surface area contributed by atoms with Crippen molar-refractivity contribution in [3.63, 3.8) is 0 Å². The van der Waals surface area contributed by atoms with Crippen molar-refractivity contribution in [1.29, 1.82) is 0 Å². The molecular weight excluding hydrogens is 472 g/mol. The number of para-hydroxylation sites is 1. The maximum Gasteiger partial charge on any atom is 0.255 e. The summed E-state index contributed by atoms with van der Waals surface area (Å²) in [6.45, 7) is 4.29.